The van der Waals surface area contributed by atoms with Crippen LogP contribution in [0, 0.1) is 6.92 Å². The van der Waals surface area contributed by atoms with Crippen LogP contribution in [-0.4, -0.2) is 41.1 Å². The van der Waals surface area contributed by atoms with E-state index in [0.717, 1.165) is 17.5 Å². The monoisotopic (exact) mass is 438 g/mol. The molecule has 2 aromatic carbocycles. The average molecular weight is 439 g/mol. The molecule has 1 heterocycles. The molecule has 0 saturated carbocycles. The zero-order valence-electron chi connectivity index (χ0n) is 19.0. The predicted octanol–water partition coefficient (Wildman–Crippen LogP) is 4.69. The lowest BCUT2D eigenvalue weighted by Gasteiger charge is -2.28. The van der Waals surface area contributed by atoms with Crippen LogP contribution in [0.5, 0.6) is 0 Å². The lowest BCUT2D eigenvalue weighted by Crippen LogP contribution is -2.45. The van der Waals surface area contributed by atoms with Crippen LogP contribution in [0.25, 0.3) is 0 Å². The Kier molecular flexibility index (Phi) is 7.18. The van der Waals surface area contributed by atoms with Gasteiger partial charge in [-0.05, 0) is 63.8 Å². The summed E-state index contributed by atoms with van der Waals surface area (Å²) in [6.07, 6.45) is 0.788. The van der Waals surface area contributed by atoms with Crippen molar-refractivity contribution in [3.05, 3.63) is 65.2 Å². The Balaban J connectivity index is 1.66. The molecule has 0 aliphatic carbocycles. The predicted molar refractivity (Wildman–Crippen MR) is 121 cm³/mol. The smallest absolute Gasteiger partial charge is 0.410 e. The number of ether oxygens (including phenoxy) is 2. The maximum Gasteiger partial charge on any atom is 0.410 e. The number of hydrogen-bond acceptors (Lipinski definition) is 5. The first-order chi connectivity index (χ1) is 15.1. The van der Waals surface area contributed by atoms with E-state index in [1.165, 1.54) is 4.90 Å². The van der Waals surface area contributed by atoms with Crippen molar-refractivity contribution in [3.8, 4) is 0 Å². The molecule has 2 aromatic rings. The van der Waals surface area contributed by atoms with Gasteiger partial charge in [-0.2, -0.15) is 0 Å². The Bertz CT molecular complexity index is 982. The number of likely N-dealkylation sites (tertiary alicyclic amines) is 1. The minimum absolute atomic E-state index is 0.169. The molecule has 7 nitrogen and oxygen atoms in total. The molecule has 1 saturated heterocycles. The fraction of sp³-hybridized carbons (Fsp3) is 0.400. The summed E-state index contributed by atoms with van der Waals surface area (Å²) in [6.45, 7) is 7.86. The van der Waals surface area contributed by atoms with Gasteiger partial charge in [-0.3, -0.25) is 9.69 Å². The third kappa shape index (κ3) is 6.09. The molecule has 1 aliphatic rings. The van der Waals surface area contributed by atoms with E-state index in [0.29, 0.717) is 24.2 Å². The number of carbonyl (C=O) groups is 3. The van der Waals surface area contributed by atoms with Crippen LogP contribution in [0.1, 0.15) is 55.1 Å². The molecular weight excluding hydrogens is 408 g/mol. The van der Waals surface area contributed by atoms with Gasteiger partial charge in [0.1, 0.15) is 18.2 Å². The van der Waals surface area contributed by atoms with Crippen LogP contribution < -0.4 is 5.32 Å². The summed E-state index contributed by atoms with van der Waals surface area (Å²) in [5.41, 5.74) is 1.92. The minimum atomic E-state index is -0.633. The van der Waals surface area contributed by atoms with Gasteiger partial charge in [0.2, 0.25) is 5.91 Å². The number of esters is 1. The fourth-order valence-corrected chi connectivity index (χ4v) is 3.48. The maximum absolute atomic E-state index is 13.0. The zero-order chi connectivity index (χ0) is 23.3. The highest BCUT2D eigenvalue weighted by atomic mass is 16.6. The summed E-state index contributed by atoms with van der Waals surface area (Å²) in [5, 5.41) is 2.87. The highest BCUT2D eigenvalue weighted by Crippen LogP contribution is 2.24. The highest BCUT2D eigenvalue weighted by molar-refractivity contribution is 5.99. The Hall–Kier alpha value is -3.35. The van der Waals surface area contributed by atoms with Gasteiger partial charge in [0.15, 0.2) is 0 Å². The van der Waals surface area contributed by atoms with E-state index in [9.17, 15) is 14.4 Å². The Morgan fingerprint density at radius 1 is 1.09 bits per heavy atom. The number of nitrogens with one attached hydrogen (secondary N) is 1. The molecule has 3 rings (SSSR count). The van der Waals surface area contributed by atoms with E-state index in [1.54, 1.807) is 39.0 Å². The molecule has 0 bridgehead atoms. The van der Waals surface area contributed by atoms with Crippen molar-refractivity contribution in [1.29, 1.82) is 0 Å². The van der Waals surface area contributed by atoms with Crippen molar-refractivity contribution in [2.45, 2.75) is 58.8 Å². The molecule has 32 heavy (non-hydrogen) atoms. The maximum atomic E-state index is 13.0. The number of hydrogen-bond donors (Lipinski definition) is 1. The molecule has 1 fully saturated rings. The number of amides is 2. The third-order valence-corrected chi connectivity index (χ3v) is 5.13. The van der Waals surface area contributed by atoms with Crippen LogP contribution in [0.15, 0.2) is 48.5 Å². The van der Waals surface area contributed by atoms with Gasteiger partial charge in [-0.1, -0.05) is 36.4 Å². The van der Waals surface area contributed by atoms with Crippen molar-refractivity contribution in [3.63, 3.8) is 0 Å². The second-order valence-electron chi connectivity index (χ2n) is 8.91. The van der Waals surface area contributed by atoms with E-state index in [4.69, 9.17) is 9.47 Å². The molecule has 1 N–H and O–H groups in total. The molecule has 2 amide bonds. The Morgan fingerprint density at radius 2 is 1.81 bits per heavy atom. The summed E-state index contributed by atoms with van der Waals surface area (Å²) < 4.78 is 10.8. The average Bonchev–Trinajstić information content (AvgIpc) is 3.23. The van der Waals surface area contributed by atoms with Crippen LogP contribution in [0.2, 0.25) is 0 Å². The number of anilines is 1. The highest BCUT2D eigenvalue weighted by Gasteiger charge is 2.36. The molecule has 0 unspecified atom stereocenters. The van der Waals surface area contributed by atoms with Crippen LogP contribution in [-0.2, 0) is 20.9 Å². The second kappa shape index (κ2) is 9.85. The summed E-state index contributed by atoms with van der Waals surface area (Å²) in [5.74, 6) is -0.771. The minimum Gasteiger partial charge on any atom is -0.457 e. The fourth-order valence-electron chi connectivity index (χ4n) is 3.48. The van der Waals surface area contributed by atoms with Gasteiger partial charge in [-0.25, -0.2) is 9.59 Å². The van der Waals surface area contributed by atoms with Gasteiger partial charge in [0.05, 0.1) is 5.56 Å². The van der Waals surface area contributed by atoms with Gasteiger partial charge >= 0.3 is 12.1 Å². The van der Waals surface area contributed by atoms with Gasteiger partial charge in [0, 0.05) is 12.2 Å². The van der Waals surface area contributed by atoms with Crippen molar-refractivity contribution in [2.75, 3.05) is 11.9 Å². The van der Waals surface area contributed by atoms with Gasteiger partial charge in [0.25, 0.3) is 0 Å². The molecular formula is C25H30N2O5. The van der Waals surface area contributed by atoms with Crippen molar-refractivity contribution in [1.82, 2.24) is 4.90 Å². The van der Waals surface area contributed by atoms with E-state index in [2.05, 4.69) is 5.32 Å². The molecule has 0 spiro atoms. The van der Waals surface area contributed by atoms with Crippen molar-refractivity contribution >= 4 is 23.7 Å². The summed E-state index contributed by atoms with van der Waals surface area (Å²) in [7, 11) is 0. The van der Waals surface area contributed by atoms with Gasteiger partial charge in [-0.15, -0.1) is 0 Å². The van der Waals surface area contributed by atoms with Gasteiger partial charge < -0.3 is 14.8 Å². The third-order valence-electron chi connectivity index (χ3n) is 5.13. The summed E-state index contributed by atoms with van der Waals surface area (Å²) >= 11 is 0. The van der Waals surface area contributed by atoms with E-state index in [-0.39, 0.29) is 12.5 Å². The topological polar surface area (TPSA) is 84.9 Å². The largest absolute Gasteiger partial charge is 0.457 e. The molecule has 7 heteroatoms. The zero-order valence-corrected chi connectivity index (χ0v) is 19.0. The Labute approximate surface area is 188 Å². The first-order valence-electron chi connectivity index (χ1n) is 10.8. The van der Waals surface area contributed by atoms with E-state index < -0.39 is 23.7 Å². The number of aryl methyl sites for hydroxylation is 1. The molecule has 0 radical (unpaired) electrons. The van der Waals surface area contributed by atoms with Crippen molar-refractivity contribution in [2.24, 2.45) is 0 Å². The summed E-state index contributed by atoms with van der Waals surface area (Å²) in [4.78, 5) is 39.4. The number of rotatable bonds is 5. The van der Waals surface area contributed by atoms with Crippen LogP contribution >= 0.6 is 0 Å². The second-order valence-corrected chi connectivity index (χ2v) is 8.91. The van der Waals surface area contributed by atoms with Crippen LogP contribution in [0.3, 0.4) is 0 Å². The van der Waals surface area contributed by atoms with E-state index in [1.807, 2.05) is 37.3 Å². The standard InChI is InChI=1S/C25H30N2O5/c1-17-12-13-19(23(29)31-16-18-9-6-5-7-10-18)15-20(17)26-22(28)21-11-8-14-27(21)24(30)32-25(2,3)4/h5-7,9-10,12-13,15,21H,8,11,14,16H2,1-4H3,(H,26,28)/t21-/m0/s1. The molecule has 170 valence electrons. The molecule has 0 aromatic heterocycles. The first kappa shape index (κ1) is 23.3. The van der Waals surface area contributed by atoms with E-state index >= 15 is 0 Å². The number of carbonyl (C=O) groups excluding carboxylic acids is 3. The number of nitrogens with zero attached hydrogens (tertiary/aromatic N) is 1. The SMILES string of the molecule is Cc1ccc(C(=O)OCc2ccccc2)cc1NC(=O)[C@@H]1CCCN1C(=O)OC(C)(C)C. The van der Waals surface area contributed by atoms with Crippen LogP contribution in [0.4, 0.5) is 10.5 Å². The van der Waals surface area contributed by atoms with Crippen molar-refractivity contribution < 1.29 is 23.9 Å². The summed E-state index contributed by atoms with van der Waals surface area (Å²) in [6, 6.07) is 13.8. The first-order valence-corrected chi connectivity index (χ1v) is 10.8. The Morgan fingerprint density at radius 3 is 2.50 bits per heavy atom. The normalized spacial score (nSPS) is 15.9. The quantitative estimate of drug-likeness (QED) is 0.685. The lowest BCUT2D eigenvalue weighted by atomic mass is 10.1. The number of benzene rings is 2. The lowest BCUT2D eigenvalue weighted by molar-refractivity contribution is -0.120. The molecule has 1 aliphatic heterocycles. The molecule has 1 atom stereocenters.